The van der Waals surface area contributed by atoms with Crippen LogP contribution in [0.4, 0.5) is 0 Å². The third-order valence-corrected chi connectivity index (χ3v) is 6.48. The van der Waals surface area contributed by atoms with Gasteiger partial charge in [0.05, 0.1) is 6.42 Å². The lowest BCUT2D eigenvalue weighted by molar-refractivity contribution is -0.137. The van der Waals surface area contributed by atoms with E-state index < -0.39 is 5.97 Å². The molecule has 2 N–H and O–H groups in total. The molecule has 1 atom stereocenters. The minimum absolute atomic E-state index is 0.0201. The van der Waals surface area contributed by atoms with Gasteiger partial charge < -0.3 is 10.2 Å². The van der Waals surface area contributed by atoms with Crippen LogP contribution in [0.15, 0.2) is 12.1 Å². The summed E-state index contributed by atoms with van der Waals surface area (Å²) < 4.78 is 0. The highest BCUT2D eigenvalue weighted by atomic mass is 16.4. The van der Waals surface area contributed by atoms with Gasteiger partial charge in [0.25, 0.3) is 0 Å². The molecule has 0 heterocycles. The zero-order chi connectivity index (χ0) is 23.2. The summed E-state index contributed by atoms with van der Waals surface area (Å²) in [4.78, 5) is 11.5. The molecule has 0 fully saturated rings. The van der Waals surface area contributed by atoms with Crippen molar-refractivity contribution in [1.29, 1.82) is 0 Å². The van der Waals surface area contributed by atoms with Gasteiger partial charge >= 0.3 is 5.97 Å². The summed E-state index contributed by atoms with van der Waals surface area (Å²) in [6, 6.07) is 4.11. The Bertz CT molecular complexity index is 604. The monoisotopic (exact) mass is 432 g/mol. The van der Waals surface area contributed by atoms with Gasteiger partial charge in [-0.1, -0.05) is 117 Å². The number of hydrogen-bond acceptors (Lipinski definition) is 2. The molecule has 0 saturated carbocycles. The van der Waals surface area contributed by atoms with E-state index in [-0.39, 0.29) is 24.2 Å². The fraction of sp³-hybridized carbons (Fsp3) is 0.750. The summed E-state index contributed by atoms with van der Waals surface area (Å²) in [5, 5.41) is 20.2. The molecule has 178 valence electrons. The van der Waals surface area contributed by atoms with E-state index in [4.69, 9.17) is 0 Å². The number of benzene rings is 1. The Hall–Kier alpha value is -1.51. The quantitative estimate of drug-likeness (QED) is 0.242. The second-order valence-electron chi connectivity index (χ2n) is 9.98. The van der Waals surface area contributed by atoms with E-state index in [1.165, 1.54) is 64.2 Å². The van der Waals surface area contributed by atoms with Crippen molar-refractivity contribution in [2.45, 2.75) is 136 Å². The number of aliphatic carboxylic acids is 1. The minimum atomic E-state index is -0.738. The van der Waals surface area contributed by atoms with Gasteiger partial charge in [0.2, 0.25) is 0 Å². The van der Waals surface area contributed by atoms with E-state index >= 15 is 0 Å². The SMILES string of the molecule is CCCCCCCCCCCCCC(CC(=O)O)c1cc(C(C)C)c(O)c(C(C)C)c1. The zero-order valence-corrected chi connectivity index (χ0v) is 20.9. The molecule has 0 saturated heterocycles. The number of carboxylic acids is 1. The molecule has 0 aliphatic carbocycles. The highest BCUT2D eigenvalue weighted by Crippen LogP contribution is 2.38. The summed E-state index contributed by atoms with van der Waals surface area (Å²) >= 11 is 0. The minimum Gasteiger partial charge on any atom is -0.507 e. The van der Waals surface area contributed by atoms with Crippen LogP contribution in [0.5, 0.6) is 5.75 Å². The first-order valence-corrected chi connectivity index (χ1v) is 12.9. The molecule has 1 aromatic carbocycles. The first-order valence-electron chi connectivity index (χ1n) is 12.9. The normalized spacial score (nSPS) is 12.6. The molecule has 0 aliphatic rings. The second-order valence-corrected chi connectivity index (χ2v) is 9.98. The average molecular weight is 433 g/mol. The van der Waals surface area contributed by atoms with Crippen molar-refractivity contribution in [3.05, 3.63) is 28.8 Å². The van der Waals surface area contributed by atoms with Crippen LogP contribution in [0.1, 0.15) is 153 Å². The number of phenols is 1. The van der Waals surface area contributed by atoms with E-state index in [2.05, 4.69) is 46.8 Å². The van der Waals surface area contributed by atoms with Gasteiger partial charge in [0.15, 0.2) is 0 Å². The molecule has 0 aromatic heterocycles. The molecule has 0 bridgehead atoms. The highest BCUT2D eigenvalue weighted by molar-refractivity contribution is 5.68. The lowest BCUT2D eigenvalue weighted by Gasteiger charge is -2.22. The molecular formula is C28H48O3. The van der Waals surface area contributed by atoms with Crippen LogP contribution in [0, 0.1) is 0 Å². The van der Waals surface area contributed by atoms with E-state index in [0.717, 1.165) is 29.5 Å². The molecule has 0 aliphatic heterocycles. The Labute approximate surface area is 191 Å². The number of aromatic hydroxyl groups is 1. The summed E-state index contributed by atoms with van der Waals surface area (Å²) in [5.74, 6) is 0.0947. The van der Waals surface area contributed by atoms with Gasteiger partial charge in [-0.2, -0.15) is 0 Å². The van der Waals surface area contributed by atoms with Crippen molar-refractivity contribution in [3.63, 3.8) is 0 Å². The maximum absolute atomic E-state index is 11.5. The van der Waals surface area contributed by atoms with E-state index in [1.807, 2.05) is 0 Å². The summed E-state index contributed by atoms with van der Waals surface area (Å²) in [6.45, 7) is 10.6. The number of hydrogen-bond donors (Lipinski definition) is 2. The van der Waals surface area contributed by atoms with Gasteiger partial charge in [-0.05, 0) is 40.9 Å². The molecule has 1 rings (SSSR count). The predicted molar refractivity (Wildman–Crippen MR) is 132 cm³/mol. The molecule has 3 nitrogen and oxygen atoms in total. The van der Waals surface area contributed by atoms with E-state index in [9.17, 15) is 15.0 Å². The Morgan fingerprint density at radius 3 is 1.58 bits per heavy atom. The van der Waals surface area contributed by atoms with Crippen molar-refractivity contribution in [2.24, 2.45) is 0 Å². The first-order chi connectivity index (χ1) is 14.8. The molecule has 31 heavy (non-hydrogen) atoms. The molecular weight excluding hydrogens is 384 g/mol. The van der Waals surface area contributed by atoms with Gasteiger partial charge in [-0.15, -0.1) is 0 Å². The molecule has 0 radical (unpaired) electrons. The largest absolute Gasteiger partial charge is 0.507 e. The number of unbranched alkanes of at least 4 members (excludes halogenated alkanes) is 10. The predicted octanol–water partition coefficient (Wildman–Crippen LogP) is 8.90. The Balaban J connectivity index is 2.59. The topological polar surface area (TPSA) is 57.5 Å². The van der Waals surface area contributed by atoms with Gasteiger partial charge in [-0.3, -0.25) is 4.79 Å². The van der Waals surface area contributed by atoms with Crippen molar-refractivity contribution < 1.29 is 15.0 Å². The highest BCUT2D eigenvalue weighted by Gasteiger charge is 2.21. The van der Waals surface area contributed by atoms with E-state index in [0.29, 0.717) is 5.75 Å². The van der Waals surface area contributed by atoms with E-state index in [1.54, 1.807) is 0 Å². The van der Waals surface area contributed by atoms with Crippen LogP contribution in [0.3, 0.4) is 0 Å². The van der Waals surface area contributed by atoms with Gasteiger partial charge in [-0.25, -0.2) is 0 Å². The van der Waals surface area contributed by atoms with Crippen LogP contribution < -0.4 is 0 Å². The number of rotatable bonds is 17. The van der Waals surface area contributed by atoms with Crippen LogP contribution in [0.25, 0.3) is 0 Å². The van der Waals surface area contributed by atoms with Crippen LogP contribution in [-0.2, 0) is 4.79 Å². The number of phenolic OH excluding ortho intramolecular Hbond substituents is 1. The third-order valence-electron chi connectivity index (χ3n) is 6.48. The first kappa shape index (κ1) is 27.5. The Kier molecular flexibility index (Phi) is 13.6. The maximum atomic E-state index is 11.5. The lowest BCUT2D eigenvalue weighted by atomic mass is 9.84. The Morgan fingerprint density at radius 1 is 0.774 bits per heavy atom. The maximum Gasteiger partial charge on any atom is 0.303 e. The Morgan fingerprint density at radius 2 is 1.19 bits per heavy atom. The third kappa shape index (κ3) is 10.6. The number of carboxylic acid groups (broad SMARTS) is 1. The standard InChI is InChI=1S/C28H48O3/c1-6-7-8-9-10-11-12-13-14-15-16-17-23(20-27(29)30)24-18-25(21(2)3)28(31)26(19-24)22(4)5/h18-19,21-23,31H,6-17,20H2,1-5H3,(H,29,30). The van der Waals surface area contributed by atoms with Crippen molar-refractivity contribution in [2.75, 3.05) is 0 Å². The summed E-state index contributed by atoms with van der Waals surface area (Å²) in [6.07, 6.45) is 15.4. The molecule has 1 aromatic rings. The zero-order valence-electron chi connectivity index (χ0n) is 20.9. The summed E-state index contributed by atoms with van der Waals surface area (Å²) in [7, 11) is 0. The van der Waals surface area contributed by atoms with Crippen LogP contribution in [0.2, 0.25) is 0 Å². The fourth-order valence-electron chi connectivity index (χ4n) is 4.47. The van der Waals surface area contributed by atoms with Gasteiger partial charge in [0, 0.05) is 0 Å². The average Bonchev–Trinajstić information content (AvgIpc) is 2.70. The second kappa shape index (κ2) is 15.3. The fourth-order valence-corrected chi connectivity index (χ4v) is 4.47. The summed E-state index contributed by atoms with van der Waals surface area (Å²) in [5.41, 5.74) is 2.96. The van der Waals surface area contributed by atoms with Crippen LogP contribution >= 0.6 is 0 Å². The van der Waals surface area contributed by atoms with Gasteiger partial charge in [0.1, 0.15) is 5.75 Å². The van der Waals surface area contributed by atoms with Crippen molar-refractivity contribution in [1.82, 2.24) is 0 Å². The van der Waals surface area contributed by atoms with Crippen LogP contribution in [-0.4, -0.2) is 16.2 Å². The molecule has 1 unspecified atom stereocenters. The molecule has 3 heteroatoms. The molecule has 0 amide bonds. The smallest absolute Gasteiger partial charge is 0.303 e. The van der Waals surface area contributed by atoms with Crippen molar-refractivity contribution in [3.8, 4) is 5.75 Å². The van der Waals surface area contributed by atoms with Crippen molar-refractivity contribution >= 4 is 5.97 Å². The lowest BCUT2D eigenvalue weighted by Crippen LogP contribution is -2.09. The number of carbonyl (C=O) groups is 1. The molecule has 0 spiro atoms.